The van der Waals surface area contributed by atoms with Crippen molar-refractivity contribution in [1.29, 1.82) is 0 Å². The van der Waals surface area contributed by atoms with Crippen molar-refractivity contribution in [2.24, 2.45) is 5.92 Å². The van der Waals surface area contributed by atoms with E-state index >= 15 is 0 Å². The van der Waals surface area contributed by atoms with Crippen molar-refractivity contribution < 1.29 is 0 Å². The third kappa shape index (κ3) is 1.22. The van der Waals surface area contributed by atoms with Crippen LogP contribution in [0.25, 0.3) is 0 Å². The number of hydrogen-bond acceptors (Lipinski definition) is 1. The number of nitrogens with zero attached hydrogens (tertiary/aromatic N) is 1. The van der Waals surface area contributed by atoms with Crippen LogP contribution in [0.1, 0.15) is 13.3 Å². The molecule has 1 rings (SSSR count). The van der Waals surface area contributed by atoms with Gasteiger partial charge in [-0.2, -0.15) is 0 Å². The van der Waals surface area contributed by atoms with Crippen LogP contribution in [0.3, 0.4) is 0 Å². The molecule has 0 saturated carbocycles. The van der Waals surface area contributed by atoms with Gasteiger partial charge in [-0.3, -0.25) is 0 Å². The van der Waals surface area contributed by atoms with Gasteiger partial charge in [0.05, 0.1) is 0 Å². The zero-order valence-corrected chi connectivity index (χ0v) is 5.56. The van der Waals surface area contributed by atoms with Crippen LogP contribution in [0.4, 0.5) is 0 Å². The van der Waals surface area contributed by atoms with Crippen LogP contribution in [0.5, 0.6) is 0 Å². The zero-order valence-electron chi connectivity index (χ0n) is 5.56. The minimum atomic E-state index is 0.704. The molecule has 1 fully saturated rings. The van der Waals surface area contributed by atoms with E-state index in [1.54, 1.807) is 0 Å². The first-order valence-electron chi connectivity index (χ1n) is 3.38. The minimum absolute atomic E-state index is 0.704. The van der Waals surface area contributed by atoms with Gasteiger partial charge in [0.1, 0.15) is 0 Å². The standard InChI is InChI=1S/C7H14N/c1-3-8-5-4-7(2)6-8/h7H,2-6H2,1H3/t7-/m1/s1. The maximum Gasteiger partial charge on any atom is 0.00100 e. The van der Waals surface area contributed by atoms with E-state index in [2.05, 4.69) is 18.7 Å². The lowest BCUT2D eigenvalue weighted by Gasteiger charge is -2.09. The first-order valence-corrected chi connectivity index (χ1v) is 3.38. The second kappa shape index (κ2) is 2.49. The maximum atomic E-state index is 3.99. The summed E-state index contributed by atoms with van der Waals surface area (Å²) < 4.78 is 0. The third-order valence-corrected chi connectivity index (χ3v) is 1.82. The van der Waals surface area contributed by atoms with Crippen molar-refractivity contribution in [3.63, 3.8) is 0 Å². The van der Waals surface area contributed by atoms with Gasteiger partial charge in [-0.25, -0.2) is 0 Å². The van der Waals surface area contributed by atoms with E-state index in [9.17, 15) is 0 Å². The molecule has 1 radical (unpaired) electrons. The summed E-state index contributed by atoms with van der Waals surface area (Å²) in [7, 11) is 0. The molecule has 0 spiro atoms. The minimum Gasteiger partial charge on any atom is -0.303 e. The van der Waals surface area contributed by atoms with Gasteiger partial charge in [-0.05, 0) is 32.4 Å². The largest absolute Gasteiger partial charge is 0.303 e. The Bertz CT molecular complexity index is 70.8. The number of likely N-dealkylation sites (tertiary alicyclic amines) is 1. The van der Waals surface area contributed by atoms with Gasteiger partial charge < -0.3 is 4.90 Å². The van der Waals surface area contributed by atoms with E-state index in [0.717, 1.165) is 0 Å². The van der Waals surface area contributed by atoms with Crippen LogP contribution in [-0.4, -0.2) is 24.5 Å². The van der Waals surface area contributed by atoms with Gasteiger partial charge in [0, 0.05) is 6.54 Å². The molecular formula is C7H14N. The van der Waals surface area contributed by atoms with E-state index in [-0.39, 0.29) is 0 Å². The molecule has 0 aromatic heterocycles. The predicted octanol–water partition coefficient (Wildman–Crippen LogP) is 1.16. The van der Waals surface area contributed by atoms with Crippen LogP contribution in [0.2, 0.25) is 0 Å². The molecule has 8 heavy (non-hydrogen) atoms. The highest BCUT2D eigenvalue weighted by Crippen LogP contribution is 2.12. The Morgan fingerprint density at radius 2 is 2.50 bits per heavy atom. The molecule has 1 heterocycles. The molecule has 1 nitrogen and oxygen atoms in total. The molecule has 0 unspecified atom stereocenters. The lowest BCUT2D eigenvalue weighted by Crippen LogP contribution is -2.18. The van der Waals surface area contributed by atoms with Gasteiger partial charge in [0.25, 0.3) is 0 Å². The van der Waals surface area contributed by atoms with E-state index < -0.39 is 0 Å². The lowest BCUT2D eigenvalue weighted by atomic mass is 10.2. The summed E-state index contributed by atoms with van der Waals surface area (Å²) in [4.78, 5) is 2.44. The van der Waals surface area contributed by atoms with E-state index in [1.807, 2.05) is 0 Å². The summed E-state index contributed by atoms with van der Waals surface area (Å²) in [6, 6.07) is 0. The van der Waals surface area contributed by atoms with Gasteiger partial charge in [0.15, 0.2) is 0 Å². The molecule has 1 heteroatoms. The first-order chi connectivity index (χ1) is 3.83. The highest BCUT2D eigenvalue weighted by molar-refractivity contribution is 4.75. The molecular weight excluding hydrogens is 98.1 g/mol. The summed E-state index contributed by atoms with van der Waals surface area (Å²) in [6.07, 6.45) is 1.30. The molecule has 1 atom stereocenters. The SMILES string of the molecule is [CH2][C@@H]1CCN(CC)C1. The van der Waals surface area contributed by atoms with E-state index in [4.69, 9.17) is 0 Å². The lowest BCUT2D eigenvalue weighted by molar-refractivity contribution is 0.351. The molecule has 47 valence electrons. The summed E-state index contributed by atoms with van der Waals surface area (Å²) in [5.41, 5.74) is 0. The third-order valence-electron chi connectivity index (χ3n) is 1.82. The van der Waals surface area contributed by atoms with Crippen LogP contribution < -0.4 is 0 Å². The molecule has 1 aliphatic rings. The van der Waals surface area contributed by atoms with Crippen molar-refractivity contribution >= 4 is 0 Å². The van der Waals surface area contributed by atoms with Crippen LogP contribution in [0.15, 0.2) is 0 Å². The summed E-state index contributed by atoms with van der Waals surface area (Å²) in [5.74, 6) is 0.704. The Labute approximate surface area is 51.7 Å². The maximum absolute atomic E-state index is 3.99. The molecule has 0 amide bonds. The van der Waals surface area contributed by atoms with E-state index in [1.165, 1.54) is 26.1 Å². The van der Waals surface area contributed by atoms with Gasteiger partial charge >= 0.3 is 0 Å². The molecule has 0 N–H and O–H groups in total. The van der Waals surface area contributed by atoms with Crippen LogP contribution >= 0.6 is 0 Å². The van der Waals surface area contributed by atoms with Crippen molar-refractivity contribution in [2.75, 3.05) is 19.6 Å². The first kappa shape index (κ1) is 6.09. The zero-order chi connectivity index (χ0) is 5.98. The quantitative estimate of drug-likeness (QED) is 0.492. The van der Waals surface area contributed by atoms with Crippen molar-refractivity contribution in [1.82, 2.24) is 4.90 Å². The van der Waals surface area contributed by atoms with Gasteiger partial charge in [-0.15, -0.1) is 0 Å². The molecule has 0 aromatic carbocycles. The van der Waals surface area contributed by atoms with Crippen LogP contribution in [0, 0.1) is 12.8 Å². The fourth-order valence-electron chi connectivity index (χ4n) is 1.20. The molecule has 0 aliphatic carbocycles. The second-order valence-electron chi connectivity index (χ2n) is 2.55. The summed E-state index contributed by atoms with van der Waals surface area (Å²) >= 11 is 0. The summed E-state index contributed by atoms with van der Waals surface area (Å²) in [5, 5.41) is 0. The predicted molar refractivity (Wildman–Crippen MR) is 35.6 cm³/mol. The molecule has 1 aliphatic heterocycles. The highest BCUT2D eigenvalue weighted by atomic mass is 15.1. The normalized spacial score (nSPS) is 31.5. The summed E-state index contributed by atoms with van der Waals surface area (Å²) in [6.45, 7) is 9.89. The van der Waals surface area contributed by atoms with Crippen molar-refractivity contribution in [2.45, 2.75) is 13.3 Å². The van der Waals surface area contributed by atoms with Gasteiger partial charge in [-0.1, -0.05) is 6.92 Å². The highest BCUT2D eigenvalue weighted by Gasteiger charge is 2.15. The topological polar surface area (TPSA) is 3.24 Å². The fourth-order valence-corrected chi connectivity index (χ4v) is 1.20. The number of hydrogen-bond donors (Lipinski definition) is 0. The Balaban J connectivity index is 2.22. The molecule has 0 bridgehead atoms. The van der Waals surface area contributed by atoms with Crippen molar-refractivity contribution in [3.8, 4) is 0 Å². The Kier molecular flexibility index (Phi) is 1.90. The van der Waals surface area contributed by atoms with Crippen LogP contribution in [-0.2, 0) is 0 Å². The molecule has 1 saturated heterocycles. The fraction of sp³-hybridized carbons (Fsp3) is 0.857. The average molecular weight is 112 g/mol. The second-order valence-corrected chi connectivity index (χ2v) is 2.55. The monoisotopic (exact) mass is 112 g/mol. The van der Waals surface area contributed by atoms with Gasteiger partial charge in [0.2, 0.25) is 0 Å². The Morgan fingerprint density at radius 3 is 2.75 bits per heavy atom. The van der Waals surface area contributed by atoms with Crippen molar-refractivity contribution in [3.05, 3.63) is 6.92 Å². The smallest absolute Gasteiger partial charge is 0.00100 e. The number of rotatable bonds is 1. The Hall–Kier alpha value is -0.0400. The molecule has 0 aromatic rings. The van der Waals surface area contributed by atoms with E-state index in [0.29, 0.717) is 5.92 Å². The average Bonchev–Trinajstić information content (AvgIpc) is 2.14. The Morgan fingerprint density at radius 1 is 1.75 bits per heavy atom.